The first kappa shape index (κ1) is 32.8. The molecule has 1 heterocycles. The zero-order chi connectivity index (χ0) is 27.0. The molecule has 1 aromatic rings. The van der Waals surface area contributed by atoms with Gasteiger partial charge in [-0.3, -0.25) is 19.7 Å². The smallest absolute Gasteiger partial charge is 0.249 e. The molecule has 0 aromatic carbocycles. The second kappa shape index (κ2) is 23.0. The molecular weight excluding hydrogens is 464 g/mol. The third kappa shape index (κ3) is 18.7. The number of hydrogen-bond donors (Lipinski definition) is 3. The topological polar surface area (TPSA) is 104 Å². The van der Waals surface area contributed by atoms with Gasteiger partial charge in [0.05, 0.1) is 6.33 Å². The number of amides is 3. The summed E-state index contributed by atoms with van der Waals surface area (Å²) >= 11 is 0. The summed E-state index contributed by atoms with van der Waals surface area (Å²) in [5, 5.41) is 5.34. The van der Waals surface area contributed by atoms with E-state index >= 15 is 0 Å². The molecular formula is C30H54N4O3. The lowest BCUT2D eigenvalue weighted by Gasteiger charge is -2.17. The summed E-state index contributed by atoms with van der Waals surface area (Å²) < 4.78 is 0. The molecule has 0 unspecified atom stereocenters. The molecule has 0 saturated heterocycles. The zero-order valence-corrected chi connectivity index (χ0v) is 23.8. The summed E-state index contributed by atoms with van der Waals surface area (Å²) in [6, 6.07) is -0.793. The van der Waals surface area contributed by atoms with Crippen LogP contribution in [0.1, 0.15) is 148 Å². The molecule has 0 aliphatic heterocycles. The highest BCUT2D eigenvalue weighted by molar-refractivity contribution is 5.99. The van der Waals surface area contributed by atoms with Crippen molar-refractivity contribution in [2.24, 2.45) is 0 Å². The first-order valence-corrected chi connectivity index (χ1v) is 15.2. The minimum Gasteiger partial charge on any atom is -0.348 e. The second-order valence-corrected chi connectivity index (χ2v) is 10.5. The van der Waals surface area contributed by atoms with Crippen molar-refractivity contribution < 1.29 is 14.4 Å². The molecule has 37 heavy (non-hydrogen) atoms. The van der Waals surface area contributed by atoms with Crippen molar-refractivity contribution in [2.75, 3.05) is 0 Å². The lowest BCUT2D eigenvalue weighted by molar-refractivity contribution is -0.134. The molecule has 1 atom stereocenters. The molecule has 0 bridgehead atoms. The van der Waals surface area contributed by atoms with E-state index in [4.69, 9.17) is 0 Å². The Hall–Kier alpha value is -2.18. The Labute approximate surface area is 225 Å². The quantitative estimate of drug-likeness (QED) is 0.129. The SMILES string of the molecule is CCCCCCCCCCCC(=O)NC(=O)[C@H](Cc1cnc[nH]1)NC(=O)CCCCCCCCCCC. The number of hydrogen-bond acceptors (Lipinski definition) is 4. The van der Waals surface area contributed by atoms with Crippen LogP contribution in [0.2, 0.25) is 0 Å². The summed E-state index contributed by atoms with van der Waals surface area (Å²) in [4.78, 5) is 44.7. The predicted molar refractivity (Wildman–Crippen MR) is 151 cm³/mol. The van der Waals surface area contributed by atoms with E-state index in [0.29, 0.717) is 12.8 Å². The van der Waals surface area contributed by atoms with Gasteiger partial charge in [0, 0.05) is 31.2 Å². The summed E-state index contributed by atoms with van der Waals surface area (Å²) in [5.74, 6) is -0.860. The fourth-order valence-corrected chi connectivity index (χ4v) is 4.57. The molecule has 0 radical (unpaired) electrons. The van der Waals surface area contributed by atoms with Crippen LogP contribution in [-0.4, -0.2) is 33.7 Å². The van der Waals surface area contributed by atoms with E-state index < -0.39 is 11.9 Å². The number of nitrogens with zero attached hydrogens (tertiary/aromatic N) is 1. The Kier molecular flexibility index (Phi) is 20.4. The lowest BCUT2D eigenvalue weighted by atomic mass is 10.1. The number of imide groups is 1. The van der Waals surface area contributed by atoms with E-state index in [-0.39, 0.29) is 18.2 Å². The Bertz CT molecular complexity index is 706. The maximum atomic E-state index is 12.8. The molecule has 3 N–H and O–H groups in total. The number of imidazole rings is 1. The van der Waals surface area contributed by atoms with Gasteiger partial charge in [-0.25, -0.2) is 4.98 Å². The van der Waals surface area contributed by atoms with Crippen molar-refractivity contribution in [3.63, 3.8) is 0 Å². The predicted octanol–water partition coefficient (Wildman–Crippen LogP) is 6.92. The molecule has 0 aliphatic rings. The van der Waals surface area contributed by atoms with Gasteiger partial charge < -0.3 is 10.3 Å². The van der Waals surface area contributed by atoms with Crippen LogP contribution in [0.25, 0.3) is 0 Å². The number of rotatable bonds is 24. The average molecular weight is 519 g/mol. The average Bonchev–Trinajstić information content (AvgIpc) is 3.39. The fraction of sp³-hybridized carbons (Fsp3) is 0.800. The molecule has 1 aromatic heterocycles. The van der Waals surface area contributed by atoms with Crippen molar-refractivity contribution in [2.45, 2.75) is 155 Å². The number of aromatic nitrogens is 2. The van der Waals surface area contributed by atoms with Gasteiger partial charge >= 0.3 is 0 Å². The Morgan fingerprint density at radius 3 is 1.62 bits per heavy atom. The summed E-state index contributed by atoms with van der Waals surface area (Å²) in [6.45, 7) is 4.45. The van der Waals surface area contributed by atoms with Crippen LogP contribution >= 0.6 is 0 Å². The van der Waals surface area contributed by atoms with E-state index in [1.165, 1.54) is 77.0 Å². The largest absolute Gasteiger partial charge is 0.348 e. The maximum absolute atomic E-state index is 12.8. The molecule has 7 heteroatoms. The van der Waals surface area contributed by atoms with Gasteiger partial charge in [0.25, 0.3) is 0 Å². The number of carbonyl (C=O) groups excluding carboxylic acids is 3. The van der Waals surface area contributed by atoms with Crippen molar-refractivity contribution in [3.8, 4) is 0 Å². The highest BCUT2D eigenvalue weighted by Crippen LogP contribution is 2.12. The van der Waals surface area contributed by atoms with E-state index in [1.54, 1.807) is 12.5 Å². The van der Waals surface area contributed by atoms with Crippen LogP contribution in [0.5, 0.6) is 0 Å². The van der Waals surface area contributed by atoms with Crippen molar-refractivity contribution >= 4 is 17.7 Å². The van der Waals surface area contributed by atoms with Gasteiger partial charge in [-0.2, -0.15) is 0 Å². The van der Waals surface area contributed by atoms with E-state index in [0.717, 1.165) is 44.2 Å². The molecule has 7 nitrogen and oxygen atoms in total. The van der Waals surface area contributed by atoms with E-state index in [1.807, 2.05) is 0 Å². The molecule has 0 saturated carbocycles. The second-order valence-electron chi connectivity index (χ2n) is 10.5. The third-order valence-corrected chi connectivity index (χ3v) is 6.91. The Morgan fingerprint density at radius 1 is 0.703 bits per heavy atom. The van der Waals surface area contributed by atoms with Crippen LogP contribution in [0.15, 0.2) is 12.5 Å². The standard InChI is InChI=1S/C30H54N4O3/c1-3-5-7-9-11-13-15-17-19-21-28(35)33-27(23-26-24-31-25-32-26)30(37)34-29(36)22-20-18-16-14-12-10-8-6-4-2/h24-25,27H,3-23H2,1-2H3,(H,31,32)(H,33,35)(H,34,36,37)/t27-/m0/s1. The van der Waals surface area contributed by atoms with Crippen molar-refractivity contribution in [3.05, 3.63) is 18.2 Å². The number of nitrogens with one attached hydrogen (secondary N) is 3. The minimum atomic E-state index is -0.793. The van der Waals surface area contributed by atoms with Crippen LogP contribution in [0.4, 0.5) is 0 Å². The van der Waals surface area contributed by atoms with Crippen molar-refractivity contribution in [1.82, 2.24) is 20.6 Å². The fourth-order valence-electron chi connectivity index (χ4n) is 4.57. The number of H-pyrrole nitrogens is 1. The van der Waals surface area contributed by atoms with E-state index in [2.05, 4.69) is 34.4 Å². The number of unbranched alkanes of at least 4 members (excludes halogenated alkanes) is 16. The van der Waals surface area contributed by atoms with Gasteiger partial charge in [-0.15, -0.1) is 0 Å². The molecule has 1 rings (SSSR count). The van der Waals surface area contributed by atoms with Crippen LogP contribution < -0.4 is 10.6 Å². The molecule has 3 amide bonds. The first-order chi connectivity index (χ1) is 18.1. The van der Waals surface area contributed by atoms with Crippen LogP contribution in [0.3, 0.4) is 0 Å². The van der Waals surface area contributed by atoms with Gasteiger partial charge in [0.1, 0.15) is 6.04 Å². The molecule has 0 spiro atoms. The Balaban J connectivity index is 2.29. The highest BCUT2D eigenvalue weighted by atomic mass is 16.2. The van der Waals surface area contributed by atoms with E-state index in [9.17, 15) is 14.4 Å². The summed E-state index contributed by atoms with van der Waals surface area (Å²) in [5.41, 5.74) is 0.745. The highest BCUT2D eigenvalue weighted by Gasteiger charge is 2.23. The van der Waals surface area contributed by atoms with Crippen molar-refractivity contribution in [1.29, 1.82) is 0 Å². The normalized spacial score (nSPS) is 11.8. The monoisotopic (exact) mass is 518 g/mol. The van der Waals surface area contributed by atoms with Gasteiger partial charge in [0.2, 0.25) is 17.7 Å². The minimum absolute atomic E-state index is 0.144. The lowest BCUT2D eigenvalue weighted by Crippen LogP contribution is -2.49. The third-order valence-electron chi connectivity index (χ3n) is 6.91. The molecule has 0 fully saturated rings. The first-order valence-electron chi connectivity index (χ1n) is 15.2. The molecule has 212 valence electrons. The molecule has 0 aliphatic carbocycles. The van der Waals surface area contributed by atoms with Gasteiger partial charge in [-0.05, 0) is 12.8 Å². The number of carbonyl (C=O) groups is 3. The maximum Gasteiger partial charge on any atom is 0.249 e. The summed E-state index contributed by atoms with van der Waals surface area (Å²) in [6.07, 6.45) is 25.5. The number of aromatic amines is 1. The van der Waals surface area contributed by atoms with Gasteiger partial charge in [0.15, 0.2) is 0 Å². The van der Waals surface area contributed by atoms with Crippen LogP contribution in [-0.2, 0) is 20.8 Å². The van der Waals surface area contributed by atoms with Gasteiger partial charge in [-0.1, -0.05) is 117 Å². The van der Waals surface area contributed by atoms with Crippen LogP contribution in [0, 0.1) is 0 Å². The Morgan fingerprint density at radius 2 is 1.16 bits per heavy atom. The zero-order valence-electron chi connectivity index (χ0n) is 23.8. The summed E-state index contributed by atoms with van der Waals surface area (Å²) in [7, 11) is 0.